The van der Waals surface area contributed by atoms with Gasteiger partial charge in [-0.3, -0.25) is 4.90 Å². The number of ether oxygens (including phenoxy) is 1. The van der Waals surface area contributed by atoms with Gasteiger partial charge in [-0.1, -0.05) is 6.07 Å². The molecule has 0 amide bonds. The van der Waals surface area contributed by atoms with Crippen molar-refractivity contribution in [2.24, 2.45) is 5.73 Å². The van der Waals surface area contributed by atoms with Gasteiger partial charge in [-0.05, 0) is 30.2 Å². The summed E-state index contributed by atoms with van der Waals surface area (Å²) in [6, 6.07) is 9.12. The Balaban J connectivity index is 1.57. The number of hydrogen-bond donors (Lipinski definition) is 3. The predicted octanol–water partition coefficient (Wildman–Crippen LogP) is 0.932. The predicted molar refractivity (Wildman–Crippen MR) is 119 cm³/mol. The molecule has 11 heteroatoms. The third-order valence-electron chi connectivity index (χ3n) is 5.38. The van der Waals surface area contributed by atoms with Gasteiger partial charge in [0, 0.05) is 49.7 Å². The van der Waals surface area contributed by atoms with E-state index in [-0.39, 0.29) is 12.1 Å². The maximum Gasteiger partial charge on any atom is 0.209 e. The maximum atomic E-state index is 11.7. The Bertz CT molecular complexity index is 1160. The number of rotatable bonds is 7. The zero-order valence-corrected chi connectivity index (χ0v) is 18.3. The van der Waals surface area contributed by atoms with Crippen LogP contribution in [0.25, 0.3) is 5.52 Å². The zero-order valence-electron chi connectivity index (χ0n) is 17.5. The number of sulfonamides is 1. The number of hydrogen-bond acceptors (Lipinski definition) is 8. The van der Waals surface area contributed by atoms with Crippen LogP contribution in [0.1, 0.15) is 12.0 Å². The molecule has 0 spiro atoms. The van der Waals surface area contributed by atoms with Gasteiger partial charge in [0.1, 0.15) is 17.6 Å². The number of likely N-dealkylation sites (tertiary alicyclic amines) is 1. The van der Waals surface area contributed by atoms with Crippen LogP contribution in [0.15, 0.2) is 42.9 Å². The fourth-order valence-electron chi connectivity index (χ4n) is 3.90. The van der Waals surface area contributed by atoms with E-state index in [4.69, 9.17) is 10.5 Å². The van der Waals surface area contributed by atoms with Crippen molar-refractivity contribution in [3.63, 3.8) is 0 Å². The largest absolute Gasteiger partial charge is 0.497 e. The highest BCUT2D eigenvalue weighted by Crippen LogP contribution is 2.26. The quantitative estimate of drug-likeness (QED) is 0.490. The Kier molecular flexibility index (Phi) is 6.10. The van der Waals surface area contributed by atoms with Gasteiger partial charge in [0.15, 0.2) is 5.82 Å². The third kappa shape index (κ3) is 5.13. The minimum atomic E-state index is -3.32. The number of aromatic nitrogens is 3. The number of nitrogens with two attached hydrogens (primary N) is 1. The fraction of sp³-hybridized carbons (Fsp3) is 0.400. The highest BCUT2D eigenvalue weighted by molar-refractivity contribution is 7.88. The highest BCUT2D eigenvalue weighted by atomic mass is 32.2. The molecule has 0 bridgehead atoms. The molecule has 4 rings (SSSR count). The van der Waals surface area contributed by atoms with E-state index in [1.54, 1.807) is 11.6 Å². The van der Waals surface area contributed by atoms with E-state index in [0.717, 1.165) is 35.3 Å². The summed E-state index contributed by atoms with van der Waals surface area (Å²) in [6.07, 6.45) is 5.27. The van der Waals surface area contributed by atoms with Crippen LogP contribution in [0.3, 0.4) is 0 Å². The average molecular weight is 446 g/mol. The van der Waals surface area contributed by atoms with Crippen LogP contribution in [-0.2, 0) is 16.6 Å². The monoisotopic (exact) mass is 445 g/mol. The van der Waals surface area contributed by atoms with E-state index >= 15 is 0 Å². The number of piperidine rings is 1. The van der Waals surface area contributed by atoms with Crippen molar-refractivity contribution in [1.29, 1.82) is 0 Å². The van der Waals surface area contributed by atoms with Crippen molar-refractivity contribution in [2.75, 3.05) is 31.8 Å². The Labute approximate surface area is 181 Å². The fourth-order valence-corrected chi connectivity index (χ4v) is 4.70. The number of methoxy groups -OCH3 is 1. The summed E-state index contributed by atoms with van der Waals surface area (Å²) in [4.78, 5) is 6.64. The van der Waals surface area contributed by atoms with Crippen molar-refractivity contribution in [2.45, 2.75) is 25.0 Å². The molecule has 3 heterocycles. The first-order valence-corrected chi connectivity index (χ1v) is 11.9. The maximum absolute atomic E-state index is 11.7. The van der Waals surface area contributed by atoms with Crippen LogP contribution in [0.2, 0.25) is 0 Å². The molecule has 0 saturated carbocycles. The molecule has 0 aliphatic carbocycles. The average Bonchev–Trinajstić information content (AvgIpc) is 3.13. The Morgan fingerprint density at radius 2 is 2.16 bits per heavy atom. The summed E-state index contributed by atoms with van der Waals surface area (Å²) in [7, 11) is -1.70. The van der Waals surface area contributed by atoms with Crippen molar-refractivity contribution in [1.82, 2.24) is 24.2 Å². The molecule has 1 fully saturated rings. The van der Waals surface area contributed by atoms with Crippen molar-refractivity contribution < 1.29 is 13.2 Å². The Morgan fingerprint density at radius 1 is 1.32 bits per heavy atom. The number of benzene rings is 1. The van der Waals surface area contributed by atoms with Gasteiger partial charge in [-0.2, -0.15) is 5.10 Å². The lowest BCUT2D eigenvalue weighted by Crippen LogP contribution is -2.57. The Hall–Kier alpha value is -2.73. The molecule has 2 unspecified atom stereocenters. The van der Waals surface area contributed by atoms with Gasteiger partial charge in [-0.15, -0.1) is 0 Å². The molecule has 4 N–H and O–H groups in total. The molecule has 1 aromatic carbocycles. The van der Waals surface area contributed by atoms with Gasteiger partial charge in [0.2, 0.25) is 10.0 Å². The molecule has 31 heavy (non-hydrogen) atoms. The highest BCUT2D eigenvalue weighted by Gasteiger charge is 2.29. The number of anilines is 2. The van der Waals surface area contributed by atoms with Gasteiger partial charge in [0.05, 0.1) is 13.4 Å². The van der Waals surface area contributed by atoms with Crippen LogP contribution in [0.5, 0.6) is 5.75 Å². The summed E-state index contributed by atoms with van der Waals surface area (Å²) in [5.74, 6) is 1.43. The van der Waals surface area contributed by atoms with Gasteiger partial charge in [0.25, 0.3) is 0 Å². The molecule has 166 valence electrons. The summed E-state index contributed by atoms with van der Waals surface area (Å²) >= 11 is 0. The molecule has 1 aliphatic rings. The lowest BCUT2D eigenvalue weighted by Gasteiger charge is -2.36. The minimum Gasteiger partial charge on any atom is -0.497 e. The van der Waals surface area contributed by atoms with E-state index < -0.39 is 10.0 Å². The first kappa shape index (κ1) is 21.5. The second kappa shape index (κ2) is 8.79. The van der Waals surface area contributed by atoms with Crippen LogP contribution in [0.4, 0.5) is 11.5 Å². The first-order valence-electron chi connectivity index (χ1n) is 10.00. The van der Waals surface area contributed by atoms with E-state index in [0.29, 0.717) is 25.3 Å². The minimum absolute atomic E-state index is 0.203. The molecule has 1 aliphatic heterocycles. The van der Waals surface area contributed by atoms with E-state index in [1.165, 1.54) is 6.33 Å². The van der Waals surface area contributed by atoms with Crippen molar-refractivity contribution in [3.8, 4) is 5.75 Å². The smallest absolute Gasteiger partial charge is 0.209 e. The molecule has 10 nitrogen and oxygen atoms in total. The van der Waals surface area contributed by atoms with Crippen LogP contribution in [0, 0.1) is 0 Å². The van der Waals surface area contributed by atoms with E-state index in [9.17, 15) is 8.42 Å². The van der Waals surface area contributed by atoms with Gasteiger partial charge < -0.3 is 15.8 Å². The van der Waals surface area contributed by atoms with Crippen LogP contribution in [-0.4, -0.2) is 66.5 Å². The van der Waals surface area contributed by atoms with Crippen LogP contribution >= 0.6 is 0 Å². The molecule has 3 aromatic rings. The third-order valence-corrected chi connectivity index (χ3v) is 6.11. The lowest BCUT2D eigenvalue weighted by molar-refractivity contribution is 0.178. The standard InChI is InChI=1S/C20H27N7O3S/c1-30-16-5-3-4-15(10-16)24-20-19-14(6-9-27(19)23-13-22-20)11-26-8-7-17(21)18(12-26)25-31(2,28)29/h3-6,9-10,13,17-18,25H,7-8,11-12,21H2,1-2H3,(H,22,23,24). The molecule has 2 atom stereocenters. The summed E-state index contributed by atoms with van der Waals surface area (Å²) < 4.78 is 33.1. The zero-order chi connectivity index (χ0) is 22.0. The summed E-state index contributed by atoms with van der Waals surface area (Å²) in [6.45, 7) is 1.95. The number of nitrogens with one attached hydrogen (secondary N) is 2. The first-order chi connectivity index (χ1) is 14.8. The second-order valence-corrected chi connectivity index (χ2v) is 9.56. The summed E-state index contributed by atoms with van der Waals surface area (Å²) in [5.41, 5.74) is 8.91. The molecular weight excluding hydrogens is 418 g/mol. The SMILES string of the molecule is COc1cccc(Nc2ncnn3ccc(CN4CCC(N)C(NS(C)(=O)=O)C4)c23)c1. The number of nitrogens with zero attached hydrogens (tertiary/aromatic N) is 4. The molecule has 1 saturated heterocycles. The van der Waals surface area contributed by atoms with Gasteiger partial charge in [-0.25, -0.2) is 22.6 Å². The number of fused-ring (bicyclic) bond motifs is 1. The van der Waals surface area contributed by atoms with Gasteiger partial charge >= 0.3 is 0 Å². The van der Waals surface area contributed by atoms with Crippen molar-refractivity contribution in [3.05, 3.63) is 48.4 Å². The molecular formula is C20H27N7O3S. The normalized spacial score (nSPS) is 20.1. The van der Waals surface area contributed by atoms with Crippen LogP contribution < -0.4 is 20.5 Å². The molecule has 2 aromatic heterocycles. The van der Waals surface area contributed by atoms with Crippen molar-refractivity contribution >= 4 is 27.0 Å². The lowest BCUT2D eigenvalue weighted by atomic mass is 10.0. The summed E-state index contributed by atoms with van der Waals surface area (Å²) in [5, 5.41) is 7.67. The topological polar surface area (TPSA) is 127 Å². The van der Waals surface area contributed by atoms with E-state index in [1.807, 2.05) is 36.5 Å². The second-order valence-electron chi connectivity index (χ2n) is 7.78. The molecule has 0 radical (unpaired) electrons. The van der Waals surface area contributed by atoms with E-state index in [2.05, 4.69) is 25.0 Å². The Morgan fingerprint density at radius 3 is 2.94 bits per heavy atom.